The van der Waals surface area contributed by atoms with Gasteiger partial charge in [0.25, 0.3) is 0 Å². The summed E-state index contributed by atoms with van der Waals surface area (Å²) in [5, 5.41) is 1.26. The van der Waals surface area contributed by atoms with Gasteiger partial charge < -0.3 is 9.08 Å². The van der Waals surface area contributed by atoms with Gasteiger partial charge in [0.2, 0.25) is 0 Å². The number of rotatable bonds is 5. The van der Waals surface area contributed by atoms with Gasteiger partial charge in [0.15, 0.2) is 0 Å². The molecule has 4 nitrogen and oxygen atoms in total. The molecule has 0 atom stereocenters. The maximum absolute atomic E-state index is 12.6. The van der Waals surface area contributed by atoms with E-state index in [0.717, 1.165) is 17.1 Å². The fourth-order valence-electron chi connectivity index (χ4n) is 3.18. The number of halogens is 3. The lowest BCUT2D eigenvalue weighted by Crippen LogP contribution is -2.28. The number of fused-ring (bicyclic) bond motifs is 1. The molecule has 0 saturated carbocycles. The van der Waals surface area contributed by atoms with Crippen LogP contribution in [0.25, 0.3) is 10.8 Å². The molecule has 0 unspecified atom stereocenters. The molecule has 0 amide bonds. The first-order chi connectivity index (χ1) is 14.7. The zero-order valence-electron chi connectivity index (χ0n) is 16.0. The Labute approximate surface area is 177 Å². The van der Waals surface area contributed by atoms with Gasteiger partial charge in [0, 0.05) is 17.1 Å². The Hall–Kier alpha value is -3.52. The minimum Gasteiger partial charge on any atom is -0.376 e. The number of para-hydroxylation sites is 2. The van der Waals surface area contributed by atoms with Crippen LogP contribution in [-0.2, 0) is 10.1 Å². The SMILES string of the molecule is O=S(=O)(Oc1ccc2cc(N(c3ccccc3)c3ccccc3)ccc2c1)C(F)(F)F. The molecule has 0 aliphatic rings. The van der Waals surface area contributed by atoms with E-state index in [1.165, 1.54) is 18.2 Å². The van der Waals surface area contributed by atoms with Crippen LogP contribution < -0.4 is 9.08 Å². The van der Waals surface area contributed by atoms with E-state index in [4.69, 9.17) is 0 Å². The molecule has 0 fully saturated rings. The Kier molecular flexibility index (Phi) is 5.32. The summed E-state index contributed by atoms with van der Waals surface area (Å²) in [5.74, 6) is -0.402. The third kappa shape index (κ3) is 4.34. The Bertz CT molecular complexity index is 1270. The second-order valence-electron chi connectivity index (χ2n) is 6.68. The molecule has 0 radical (unpaired) electrons. The number of nitrogens with zero attached hydrogens (tertiary/aromatic N) is 1. The normalized spacial score (nSPS) is 12.0. The lowest BCUT2D eigenvalue weighted by atomic mass is 10.1. The van der Waals surface area contributed by atoms with Crippen LogP contribution in [-0.4, -0.2) is 13.9 Å². The molecule has 0 aliphatic heterocycles. The minimum absolute atomic E-state index is 0.402. The number of anilines is 3. The predicted octanol–water partition coefficient (Wildman–Crippen LogP) is 6.54. The molecule has 4 aromatic carbocycles. The number of hydrogen-bond donors (Lipinski definition) is 0. The van der Waals surface area contributed by atoms with Crippen molar-refractivity contribution in [1.82, 2.24) is 0 Å². The van der Waals surface area contributed by atoms with Gasteiger partial charge in [0.1, 0.15) is 5.75 Å². The lowest BCUT2D eigenvalue weighted by molar-refractivity contribution is -0.0500. The highest BCUT2D eigenvalue weighted by Gasteiger charge is 2.48. The van der Waals surface area contributed by atoms with Crippen LogP contribution in [0.1, 0.15) is 0 Å². The summed E-state index contributed by atoms with van der Waals surface area (Å²) in [6.45, 7) is 0. The Balaban J connectivity index is 1.74. The molecule has 0 saturated heterocycles. The zero-order valence-corrected chi connectivity index (χ0v) is 16.8. The average molecular weight is 443 g/mol. The molecular formula is C23H16F3NO3S. The molecule has 0 N–H and O–H groups in total. The Morgan fingerprint density at radius 1 is 0.645 bits per heavy atom. The van der Waals surface area contributed by atoms with E-state index in [-0.39, 0.29) is 0 Å². The first kappa shape index (κ1) is 20.7. The van der Waals surface area contributed by atoms with Crippen LogP contribution in [0.5, 0.6) is 5.75 Å². The van der Waals surface area contributed by atoms with Crippen molar-refractivity contribution >= 4 is 38.0 Å². The van der Waals surface area contributed by atoms with Gasteiger partial charge in [-0.15, -0.1) is 0 Å². The van der Waals surface area contributed by atoms with Crippen molar-refractivity contribution in [2.75, 3.05) is 4.90 Å². The highest BCUT2D eigenvalue weighted by Crippen LogP contribution is 2.36. The van der Waals surface area contributed by atoms with E-state index in [9.17, 15) is 21.6 Å². The highest BCUT2D eigenvalue weighted by molar-refractivity contribution is 7.88. The molecule has 0 heterocycles. The standard InChI is InChI=1S/C23H16F3NO3S/c24-23(25,26)31(28,29)30-22-14-12-17-15-21(13-11-18(17)16-22)27(19-7-3-1-4-8-19)20-9-5-2-6-10-20/h1-16H. The first-order valence-electron chi connectivity index (χ1n) is 9.19. The van der Waals surface area contributed by atoms with Crippen molar-refractivity contribution in [3.63, 3.8) is 0 Å². The van der Waals surface area contributed by atoms with Crippen molar-refractivity contribution in [2.24, 2.45) is 0 Å². The van der Waals surface area contributed by atoms with Gasteiger partial charge in [-0.25, -0.2) is 0 Å². The van der Waals surface area contributed by atoms with E-state index in [1.54, 1.807) is 6.07 Å². The summed E-state index contributed by atoms with van der Waals surface area (Å²) >= 11 is 0. The Morgan fingerprint density at radius 3 is 1.71 bits per heavy atom. The highest BCUT2D eigenvalue weighted by atomic mass is 32.2. The van der Waals surface area contributed by atoms with Crippen LogP contribution in [0.3, 0.4) is 0 Å². The number of alkyl halides is 3. The van der Waals surface area contributed by atoms with E-state index in [0.29, 0.717) is 10.8 Å². The minimum atomic E-state index is -5.72. The van der Waals surface area contributed by atoms with E-state index in [1.807, 2.05) is 77.7 Å². The van der Waals surface area contributed by atoms with Gasteiger partial charge >= 0.3 is 15.6 Å². The molecule has 0 aromatic heterocycles. The third-order valence-corrected chi connectivity index (χ3v) is 5.55. The summed E-state index contributed by atoms with van der Waals surface area (Å²) in [7, 11) is -5.72. The van der Waals surface area contributed by atoms with Crippen LogP contribution >= 0.6 is 0 Å². The largest absolute Gasteiger partial charge is 0.534 e. The number of hydrogen-bond acceptors (Lipinski definition) is 4. The van der Waals surface area contributed by atoms with E-state index < -0.39 is 21.4 Å². The summed E-state index contributed by atoms with van der Waals surface area (Å²) < 4.78 is 64.5. The van der Waals surface area contributed by atoms with Crippen LogP contribution in [0.2, 0.25) is 0 Å². The second-order valence-corrected chi connectivity index (χ2v) is 8.22. The lowest BCUT2D eigenvalue weighted by Gasteiger charge is -2.25. The quantitative estimate of drug-likeness (QED) is 0.260. The van der Waals surface area contributed by atoms with E-state index in [2.05, 4.69) is 4.18 Å². The van der Waals surface area contributed by atoms with Gasteiger partial charge in [-0.2, -0.15) is 21.6 Å². The van der Waals surface area contributed by atoms with E-state index >= 15 is 0 Å². The molecule has 0 aliphatic carbocycles. The molecule has 0 spiro atoms. The second kappa shape index (κ2) is 7.96. The first-order valence-corrected chi connectivity index (χ1v) is 10.6. The van der Waals surface area contributed by atoms with Gasteiger partial charge in [-0.1, -0.05) is 48.5 Å². The van der Waals surface area contributed by atoms with Crippen LogP contribution in [0.4, 0.5) is 30.2 Å². The maximum atomic E-state index is 12.6. The fraction of sp³-hybridized carbons (Fsp3) is 0.0435. The smallest absolute Gasteiger partial charge is 0.376 e. The molecule has 4 rings (SSSR count). The van der Waals surface area contributed by atoms with Gasteiger partial charge in [-0.3, -0.25) is 0 Å². The third-order valence-electron chi connectivity index (χ3n) is 4.57. The molecule has 158 valence electrons. The molecule has 8 heteroatoms. The topological polar surface area (TPSA) is 46.6 Å². The van der Waals surface area contributed by atoms with Gasteiger partial charge in [0.05, 0.1) is 0 Å². The van der Waals surface area contributed by atoms with Crippen LogP contribution in [0.15, 0.2) is 97.1 Å². The summed E-state index contributed by atoms with van der Waals surface area (Å²) in [5.41, 5.74) is -2.78. The summed E-state index contributed by atoms with van der Waals surface area (Å²) in [6.07, 6.45) is 0. The van der Waals surface area contributed by atoms with Crippen molar-refractivity contribution in [1.29, 1.82) is 0 Å². The predicted molar refractivity (Wildman–Crippen MR) is 114 cm³/mol. The van der Waals surface area contributed by atoms with Crippen molar-refractivity contribution in [3.8, 4) is 5.75 Å². The van der Waals surface area contributed by atoms with Gasteiger partial charge in [-0.05, 0) is 59.3 Å². The molecule has 31 heavy (non-hydrogen) atoms. The molecular weight excluding hydrogens is 427 g/mol. The molecule has 0 bridgehead atoms. The summed E-state index contributed by atoms with van der Waals surface area (Å²) in [4.78, 5) is 2.04. The monoisotopic (exact) mass is 443 g/mol. The maximum Gasteiger partial charge on any atom is 0.534 e. The fourth-order valence-corrected chi connectivity index (χ4v) is 3.63. The Morgan fingerprint density at radius 2 is 1.16 bits per heavy atom. The van der Waals surface area contributed by atoms with Crippen LogP contribution in [0, 0.1) is 0 Å². The zero-order chi connectivity index (χ0) is 22.1. The van der Waals surface area contributed by atoms with Crippen molar-refractivity contribution < 1.29 is 25.8 Å². The van der Waals surface area contributed by atoms with Crippen molar-refractivity contribution in [2.45, 2.75) is 5.51 Å². The average Bonchev–Trinajstić information content (AvgIpc) is 2.74. The molecule has 4 aromatic rings. The number of benzene rings is 4. The summed E-state index contributed by atoms with van der Waals surface area (Å²) in [6, 6.07) is 28.8. The van der Waals surface area contributed by atoms with Crippen molar-refractivity contribution in [3.05, 3.63) is 97.1 Å².